The van der Waals surface area contributed by atoms with Crippen LogP contribution in [0.5, 0.6) is 0 Å². The summed E-state index contributed by atoms with van der Waals surface area (Å²) < 4.78 is 0. The van der Waals surface area contributed by atoms with E-state index in [1.54, 1.807) is 12.4 Å². The van der Waals surface area contributed by atoms with Crippen LogP contribution in [-0.4, -0.2) is 40.3 Å². The topological polar surface area (TPSA) is 53.5 Å². The monoisotopic (exact) mass is 349 g/mol. The minimum atomic E-state index is 0.0578. The molecule has 3 heterocycles. The molecular weight excluding hydrogens is 326 g/mol. The molecule has 5 nitrogen and oxygen atoms in total. The zero-order valence-electron chi connectivity index (χ0n) is 15.0. The van der Waals surface area contributed by atoms with Crippen molar-refractivity contribution in [3.8, 4) is 0 Å². The standard InChI is InChI=1S/C21H23N3O2/c1-15-4-6-16(7-5-15)13-21(26)23-12-10-19-18(23)8-9-20(25)24(19)17-3-2-11-22-14-17/h2-7,11,14,18-19H,8-10,12-13H2,1H3/t18-,19-/m1/s1. The van der Waals surface area contributed by atoms with Gasteiger partial charge in [-0.15, -0.1) is 0 Å². The van der Waals surface area contributed by atoms with Gasteiger partial charge in [0.05, 0.1) is 30.4 Å². The second-order valence-electron chi connectivity index (χ2n) is 7.19. The molecule has 2 aromatic rings. The number of hydrogen-bond acceptors (Lipinski definition) is 3. The van der Waals surface area contributed by atoms with E-state index in [-0.39, 0.29) is 23.9 Å². The van der Waals surface area contributed by atoms with Crippen LogP contribution in [0.3, 0.4) is 0 Å². The smallest absolute Gasteiger partial charge is 0.227 e. The summed E-state index contributed by atoms with van der Waals surface area (Å²) in [6, 6.07) is 12.1. The molecule has 5 heteroatoms. The van der Waals surface area contributed by atoms with Gasteiger partial charge in [-0.25, -0.2) is 0 Å². The maximum atomic E-state index is 12.9. The molecule has 2 fully saturated rings. The molecule has 0 unspecified atom stereocenters. The molecule has 134 valence electrons. The average Bonchev–Trinajstić information content (AvgIpc) is 3.08. The van der Waals surface area contributed by atoms with Crippen molar-refractivity contribution in [3.05, 3.63) is 59.9 Å². The zero-order chi connectivity index (χ0) is 18.1. The van der Waals surface area contributed by atoms with E-state index >= 15 is 0 Å². The number of hydrogen-bond donors (Lipinski definition) is 0. The van der Waals surface area contributed by atoms with Gasteiger partial charge in [-0.05, 0) is 37.5 Å². The van der Waals surface area contributed by atoms with Gasteiger partial charge in [-0.1, -0.05) is 29.8 Å². The first-order chi connectivity index (χ1) is 12.6. The Labute approximate surface area is 153 Å². The van der Waals surface area contributed by atoms with Gasteiger partial charge < -0.3 is 9.80 Å². The third-order valence-corrected chi connectivity index (χ3v) is 5.48. The number of nitrogens with zero attached hydrogens (tertiary/aromatic N) is 3. The Morgan fingerprint density at radius 1 is 1.15 bits per heavy atom. The molecule has 4 rings (SSSR count). The number of carbonyl (C=O) groups excluding carboxylic acids is 2. The lowest BCUT2D eigenvalue weighted by atomic mass is 9.95. The SMILES string of the molecule is Cc1ccc(CC(=O)N2CC[C@@H]3[C@H]2CCC(=O)N3c2cccnc2)cc1. The van der Waals surface area contributed by atoms with Crippen molar-refractivity contribution in [2.24, 2.45) is 0 Å². The van der Waals surface area contributed by atoms with E-state index in [0.29, 0.717) is 19.4 Å². The van der Waals surface area contributed by atoms with Gasteiger partial charge in [-0.3, -0.25) is 14.6 Å². The van der Waals surface area contributed by atoms with Crippen molar-refractivity contribution in [1.82, 2.24) is 9.88 Å². The Hall–Kier alpha value is -2.69. The van der Waals surface area contributed by atoms with Gasteiger partial charge in [0.15, 0.2) is 0 Å². The van der Waals surface area contributed by atoms with Crippen LogP contribution in [0.25, 0.3) is 0 Å². The molecule has 2 saturated heterocycles. The highest BCUT2D eigenvalue weighted by molar-refractivity contribution is 5.95. The van der Waals surface area contributed by atoms with Gasteiger partial charge >= 0.3 is 0 Å². The molecule has 0 radical (unpaired) electrons. The van der Waals surface area contributed by atoms with E-state index in [4.69, 9.17) is 0 Å². The van der Waals surface area contributed by atoms with Crippen LogP contribution in [0, 0.1) is 6.92 Å². The second-order valence-corrected chi connectivity index (χ2v) is 7.19. The number of aromatic nitrogens is 1. The summed E-state index contributed by atoms with van der Waals surface area (Å²) in [5.41, 5.74) is 3.07. The maximum absolute atomic E-state index is 12.9. The Kier molecular flexibility index (Phi) is 4.45. The summed E-state index contributed by atoms with van der Waals surface area (Å²) in [5.74, 6) is 0.286. The number of aryl methyl sites for hydroxylation is 1. The molecule has 0 bridgehead atoms. The number of anilines is 1. The van der Waals surface area contributed by atoms with Gasteiger partial charge in [0.25, 0.3) is 0 Å². The highest BCUT2D eigenvalue weighted by Gasteiger charge is 2.45. The number of carbonyl (C=O) groups is 2. The molecule has 1 aromatic carbocycles. The van der Waals surface area contributed by atoms with Crippen LogP contribution in [0.15, 0.2) is 48.8 Å². The molecule has 0 aliphatic carbocycles. The van der Waals surface area contributed by atoms with Crippen LogP contribution in [-0.2, 0) is 16.0 Å². The summed E-state index contributed by atoms with van der Waals surface area (Å²) in [6.07, 6.45) is 5.91. The molecular formula is C21H23N3O2. The Balaban J connectivity index is 1.51. The van der Waals surface area contributed by atoms with Crippen LogP contribution in [0.2, 0.25) is 0 Å². The van der Waals surface area contributed by atoms with Gasteiger partial charge in [-0.2, -0.15) is 0 Å². The highest BCUT2D eigenvalue weighted by atomic mass is 16.2. The van der Waals surface area contributed by atoms with Crippen molar-refractivity contribution in [2.75, 3.05) is 11.4 Å². The predicted octanol–water partition coefficient (Wildman–Crippen LogP) is 2.73. The average molecular weight is 349 g/mol. The summed E-state index contributed by atoms with van der Waals surface area (Å²) in [6.45, 7) is 2.76. The number of benzene rings is 1. The zero-order valence-corrected chi connectivity index (χ0v) is 15.0. The van der Waals surface area contributed by atoms with Crippen molar-refractivity contribution in [2.45, 2.75) is 44.7 Å². The fourth-order valence-corrected chi connectivity index (χ4v) is 4.19. The molecule has 0 N–H and O–H groups in total. The van der Waals surface area contributed by atoms with Crippen LogP contribution < -0.4 is 4.90 Å². The lowest BCUT2D eigenvalue weighted by Gasteiger charge is -2.39. The van der Waals surface area contributed by atoms with E-state index < -0.39 is 0 Å². The first-order valence-electron chi connectivity index (χ1n) is 9.20. The third-order valence-electron chi connectivity index (χ3n) is 5.48. The lowest BCUT2D eigenvalue weighted by Crippen LogP contribution is -2.53. The van der Waals surface area contributed by atoms with Crippen molar-refractivity contribution < 1.29 is 9.59 Å². The molecule has 2 aliphatic heterocycles. The highest BCUT2D eigenvalue weighted by Crippen LogP contribution is 2.34. The lowest BCUT2D eigenvalue weighted by molar-refractivity contribution is -0.133. The minimum Gasteiger partial charge on any atom is -0.337 e. The van der Waals surface area contributed by atoms with E-state index in [2.05, 4.69) is 4.98 Å². The van der Waals surface area contributed by atoms with E-state index in [9.17, 15) is 9.59 Å². The summed E-state index contributed by atoms with van der Waals surface area (Å²) in [4.78, 5) is 33.4. The van der Waals surface area contributed by atoms with Crippen LogP contribution in [0.4, 0.5) is 5.69 Å². The number of rotatable bonds is 3. The van der Waals surface area contributed by atoms with Gasteiger partial charge in [0.2, 0.25) is 11.8 Å². The fourth-order valence-electron chi connectivity index (χ4n) is 4.19. The second kappa shape index (κ2) is 6.90. The Morgan fingerprint density at radius 2 is 1.96 bits per heavy atom. The van der Waals surface area contributed by atoms with E-state index in [1.807, 2.05) is 53.1 Å². The number of fused-ring (bicyclic) bond motifs is 1. The van der Waals surface area contributed by atoms with Crippen LogP contribution >= 0.6 is 0 Å². The van der Waals surface area contributed by atoms with Gasteiger partial charge in [0, 0.05) is 19.2 Å². The normalized spacial score (nSPS) is 22.4. The molecule has 0 spiro atoms. The first-order valence-corrected chi connectivity index (χ1v) is 9.20. The number of piperidine rings is 1. The predicted molar refractivity (Wildman–Crippen MR) is 99.7 cm³/mol. The van der Waals surface area contributed by atoms with Gasteiger partial charge in [0.1, 0.15) is 0 Å². The van der Waals surface area contributed by atoms with Crippen molar-refractivity contribution in [3.63, 3.8) is 0 Å². The molecule has 2 atom stereocenters. The largest absolute Gasteiger partial charge is 0.337 e. The summed E-state index contributed by atoms with van der Waals surface area (Å²) in [7, 11) is 0. The third kappa shape index (κ3) is 3.09. The molecule has 2 amide bonds. The fraction of sp³-hybridized carbons (Fsp3) is 0.381. The van der Waals surface area contributed by atoms with Crippen molar-refractivity contribution >= 4 is 17.5 Å². The Bertz CT molecular complexity index is 804. The quantitative estimate of drug-likeness (QED) is 0.856. The van der Waals surface area contributed by atoms with E-state index in [0.717, 1.165) is 24.1 Å². The number of amides is 2. The summed E-state index contributed by atoms with van der Waals surface area (Å²) in [5, 5.41) is 0. The molecule has 0 saturated carbocycles. The number of likely N-dealkylation sites (tertiary alicyclic amines) is 1. The molecule has 2 aliphatic rings. The minimum absolute atomic E-state index is 0.0578. The molecule has 26 heavy (non-hydrogen) atoms. The first kappa shape index (κ1) is 16.8. The molecule has 1 aromatic heterocycles. The maximum Gasteiger partial charge on any atom is 0.227 e. The number of pyridine rings is 1. The van der Waals surface area contributed by atoms with Crippen LogP contribution in [0.1, 0.15) is 30.4 Å². The Morgan fingerprint density at radius 3 is 2.69 bits per heavy atom. The summed E-state index contributed by atoms with van der Waals surface area (Å²) >= 11 is 0. The van der Waals surface area contributed by atoms with Crippen molar-refractivity contribution in [1.29, 1.82) is 0 Å². The van der Waals surface area contributed by atoms with E-state index in [1.165, 1.54) is 5.56 Å².